The molecule has 0 bridgehead atoms. The number of ether oxygens (including phenoxy) is 2. The van der Waals surface area contributed by atoms with Crippen molar-refractivity contribution >= 4 is 27.7 Å². The minimum absolute atomic E-state index is 0.00537. The first-order valence-corrected chi connectivity index (χ1v) is 14.2. The number of hydrogen-bond acceptors (Lipinski definition) is 7. The Morgan fingerprint density at radius 2 is 1.88 bits per heavy atom. The molecule has 2 saturated heterocycles. The first-order chi connectivity index (χ1) is 18.6. The molecule has 4 unspecified atom stereocenters. The highest BCUT2D eigenvalue weighted by Gasteiger charge is 2.65. The molecule has 15 heteroatoms. The molecule has 2 amide bonds. The highest BCUT2D eigenvalue weighted by molar-refractivity contribution is 8.45. The van der Waals surface area contributed by atoms with Gasteiger partial charge < -0.3 is 14.8 Å². The third-order valence-electron chi connectivity index (χ3n) is 7.05. The molecule has 2 aliphatic heterocycles. The zero-order chi connectivity index (χ0) is 29.4. The summed E-state index contributed by atoms with van der Waals surface area (Å²) in [5.74, 6) is -1.47. The maximum atomic E-state index is 14.1. The van der Waals surface area contributed by atoms with Gasteiger partial charge in [-0.3, -0.25) is 24.4 Å². The standard InChI is InChI=1S/C25H28F5N5O4S/c1-16(18-13-39-14-18)33-24(36)23(17-4-3-9-32-11-17)35(25(37)22-10-20(38-2)12-34(22)15-31)19-5-7-21(8-6-19)40(26,27,28,29)30/h3-9,11,16,18,20,22-23H,10,12-14H2,1-2H3,(H,33,36). The predicted molar refractivity (Wildman–Crippen MR) is 136 cm³/mol. The van der Waals surface area contributed by atoms with Gasteiger partial charge in [0.1, 0.15) is 17.0 Å². The summed E-state index contributed by atoms with van der Waals surface area (Å²) in [4.78, 5) is 31.8. The van der Waals surface area contributed by atoms with Crippen LogP contribution in [0.25, 0.3) is 0 Å². The van der Waals surface area contributed by atoms with E-state index in [4.69, 9.17) is 9.47 Å². The summed E-state index contributed by atoms with van der Waals surface area (Å²) in [5, 5.41) is 12.5. The quantitative estimate of drug-likeness (QED) is 0.338. The van der Waals surface area contributed by atoms with Crippen molar-refractivity contribution in [2.24, 2.45) is 5.92 Å². The van der Waals surface area contributed by atoms with Gasteiger partial charge in [-0.05, 0) is 37.3 Å². The van der Waals surface area contributed by atoms with Crippen molar-refractivity contribution in [2.75, 3.05) is 31.8 Å². The maximum Gasteiger partial charge on any atom is 0.310 e. The number of carbonyl (C=O) groups is 2. The van der Waals surface area contributed by atoms with E-state index < -0.39 is 45.1 Å². The second-order valence-corrected chi connectivity index (χ2v) is 12.2. The molecule has 9 nitrogen and oxygen atoms in total. The SMILES string of the molecule is COC1CC(C(=O)N(c2ccc(S(F)(F)(F)(F)F)cc2)C(C(=O)NC(C)C2COC2)c2cccnc2)N(C#N)C1. The van der Waals surface area contributed by atoms with E-state index in [0.29, 0.717) is 25.3 Å². The Morgan fingerprint density at radius 3 is 2.38 bits per heavy atom. The lowest BCUT2D eigenvalue weighted by Gasteiger charge is -2.41. The summed E-state index contributed by atoms with van der Waals surface area (Å²) in [7, 11) is -8.61. The lowest BCUT2D eigenvalue weighted by Crippen LogP contribution is -2.53. The van der Waals surface area contributed by atoms with Crippen LogP contribution in [0.1, 0.15) is 24.9 Å². The highest BCUT2D eigenvalue weighted by atomic mass is 32.5. The fraction of sp³-hybridized carbons (Fsp3) is 0.440. The lowest BCUT2D eigenvalue weighted by molar-refractivity contribution is -0.129. The Bertz CT molecular complexity index is 1290. The van der Waals surface area contributed by atoms with Crippen molar-refractivity contribution in [2.45, 2.75) is 42.5 Å². The van der Waals surface area contributed by atoms with E-state index in [1.54, 1.807) is 6.92 Å². The van der Waals surface area contributed by atoms with Crippen LogP contribution in [0.15, 0.2) is 53.7 Å². The van der Waals surface area contributed by atoms with E-state index >= 15 is 0 Å². The summed E-state index contributed by atoms with van der Waals surface area (Å²) < 4.78 is 77.8. The topological polar surface area (TPSA) is 108 Å². The van der Waals surface area contributed by atoms with E-state index in [0.717, 1.165) is 9.80 Å². The minimum Gasteiger partial charge on any atom is -0.381 e. The van der Waals surface area contributed by atoms with Gasteiger partial charge in [0.2, 0.25) is 5.91 Å². The zero-order valence-corrected chi connectivity index (χ0v) is 22.4. The van der Waals surface area contributed by atoms with Crippen molar-refractivity contribution in [3.8, 4) is 6.19 Å². The largest absolute Gasteiger partial charge is 0.381 e. The number of nitrogens with one attached hydrogen (secondary N) is 1. The first-order valence-electron chi connectivity index (χ1n) is 12.3. The van der Waals surface area contributed by atoms with Crippen LogP contribution in [-0.4, -0.2) is 66.8 Å². The fourth-order valence-electron chi connectivity index (χ4n) is 4.66. The van der Waals surface area contributed by atoms with Crippen LogP contribution in [0.2, 0.25) is 0 Å². The summed E-state index contributed by atoms with van der Waals surface area (Å²) >= 11 is 0. The first kappa shape index (κ1) is 29.5. The van der Waals surface area contributed by atoms with Crippen molar-refractivity contribution in [1.82, 2.24) is 15.2 Å². The molecule has 3 heterocycles. The Hall–Kier alpha value is -3.48. The van der Waals surface area contributed by atoms with Crippen LogP contribution in [0.4, 0.5) is 25.1 Å². The van der Waals surface area contributed by atoms with Gasteiger partial charge in [-0.25, -0.2) is 0 Å². The lowest BCUT2D eigenvalue weighted by atomic mass is 9.98. The number of aromatic nitrogens is 1. The number of anilines is 1. The molecule has 40 heavy (non-hydrogen) atoms. The molecule has 2 aromatic rings. The van der Waals surface area contributed by atoms with Crippen molar-refractivity contribution < 1.29 is 38.5 Å². The van der Waals surface area contributed by atoms with Gasteiger partial charge in [0, 0.05) is 49.1 Å². The summed E-state index contributed by atoms with van der Waals surface area (Å²) in [6.45, 7) is 2.64. The number of halogens is 5. The van der Waals surface area contributed by atoms with Crippen LogP contribution in [0, 0.1) is 17.4 Å². The Morgan fingerprint density at radius 1 is 1.20 bits per heavy atom. The van der Waals surface area contributed by atoms with Crippen LogP contribution in [0.3, 0.4) is 0 Å². The average Bonchev–Trinajstić information content (AvgIpc) is 3.28. The van der Waals surface area contributed by atoms with Crippen molar-refractivity contribution in [3.05, 3.63) is 54.4 Å². The zero-order valence-electron chi connectivity index (χ0n) is 21.6. The summed E-state index contributed by atoms with van der Waals surface area (Å²) in [6, 6.07) is 1.83. The maximum absolute atomic E-state index is 14.1. The minimum atomic E-state index is -10.0. The normalized spacial score (nSPS) is 22.7. The van der Waals surface area contributed by atoms with E-state index in [1.165, 1.54) is 31.6 Å². The van der Waals surface area contributed by atoms with Gasteiger partial charge >= 0.3 is 10.2 Å². The number of pyridine rings is 1. The van der Waals surface area contributed by atoms with Crippen LogP contribution in [-0.2, 0) is 19.1 Å². The smallest absolute Gasteiger partial charge is 0.310 e. The molecule has 218 valence electrons. The fourth-order valence-corrected chi connectivity index (χ4v) is 5.31. The van der Waals surface area contributed by atoms with Crippen molar-refractivity contribution in [1.29, 1.82) is 5.26 Å². The molecule has 4 rings (SSSR count). The molecule has 0 saturated carbocycles. The third-order valence-corrected chi connectivity index (χ3v) is 8.22. The number of nitrogens with zero attached hydrogens (tertiary/aromatic N) is 4. The average molecular weight is 590 g/mol. The third kappa shape index (κ3) is 6.29. The molecule has 0 spiro atoms. The number of likely N-dealkylation sites (tertiary alicyclic amines) is 1. The number of carbonyl (C=O) groups excluding carboxylic acids is 2. The van der Waals surface area contributed by atoms with Crippen LogP contribution >= 0.6 is 10.2 Å². The predicted octanol–water partition coefficient (Wildman–Crippen LogP) is 4.53. The molecule has 1 aromatic carbocycles. The summed E-state index contributed by atoms with van der Waals surface area (Å²) in [5.41, 5.74) is -0.0370. The van der Waals surface area contributed by atoms with E-state index in [9.17, 15) is 34.3 Å². The summed E-state index contributed by atoms with van der Waals surface area (Å²) in [6.07, 6.45) is 4.21. The van der Waals surface area contributed by atoms with Gasteiger partial charge in [-0.15, -0.1) is 0 Å². The van der Waals surface area contributed by atoms with Gasteiger partial charge in [0.15, 0.2) is 6.19 Å². The molecule has 1 aromatic heterocycles. The molecular formula is C25H28F5N5O4S. The monoisotopic (exact) mass is 589 g/mol. The number of hydrogen-bond donors (Lipinski definition) is 1. The van der Waals surface area contributed by atoms with E-state index in [1.807, 2.05) is 6.19 Å². The molecule has 2 aliphatic rings. The number of rotatable bonds is 9. The molecular weight excluding hydrogens is 561 g/mol. The van der Waals surface area contributed by atoms with Crippen molar-refractivity contribution in [3.63, 3.8) is 0 Å². The molecule has 0 radical (unpaired) electrons. The number of benzene rings is 1. The van der Waals surface area contributed by atoms with E-state index in [-0.39, 0.29) is 48.3 Å². The Balaban J connectivity index is 1.82. The van der Waals surface area contributed by atoms with Crippen LogP contribution in [0.5, 0.6) is 0 Å². The van der Waals surface area contributed by atoms with Gasteiger partial charge in [0.25, 0.3) is 5.91 Å². The molecule has 1 N–H and O–H groups in total. The van der Waals surface area contributed by atoms with Gasteiger partial charge in [0.05, 0.1) is 25.9 Å². The molecule has 2 fully saturated rings. The second-order valence-electron chi connectivity index (χ2n) is 9.82. The highest BCUT2D eigenvalue weighted by Crippen LogP contribution is 3.02. The van der Waals surface area contributed by atoms with Crippen LogP contribution < -0.4 is 10.2 Å². The molecule has 4 atom stereocenters. The van der Waals surface area contributed by atoms with Gasteiger partial charge in [-0.2, -0.15) is 5.26 Å². The molecule has 0 aliphatic carbocycles. The number of nitriles is 1. The Kier molecular flexibility index (Phi) is 7.50. The second kappa shape index (κ2) is 10.2. The Labute approximate surface area is 227 Å². The van der Waals surface area contributed by atoms with E-state index in [2.05, 4.69) is 10.3 Å². The number of amides is 2. The number of methoxy groups -OCH3 is 1. The van der Waals surface area contributed by atoms with Gasteiger partial charge in [-0.1, -0.05) is 25.5 Å².